The second-order valence-corrected chi connectivity index (χ2v) is 10.2. The Bertz CT molecular complexity index is 1700. The number of hydrogen-bond donors (Lipinski definition) is 5. The number of aliphatic hydroxyl groups excluding tert-OH is 2. The number of ketones is 1. The number of pyridine rings is 1. The summed E-state index contributed by atoms with van der Waals surface area (Å²) in [4.78, 5) is 32.3. The van der Waals surface area contributed by atoms with Gasteiger partial charge in [-0.15, -0.1) is 0 Å². The lowest BCUT2D eigenvalue weighted by Crippen LogP contribution is -2.44. The molecule has 1 amide bonds. The van der Waals surface area contributed by atoms with E-state index in [0.717, 1.165) is 12.1 Å². The summed E-state index contributed by atoms with van der Waals surface area (Å²) < 4.78 is 66.3. The van der Waals surface area contributed by atoms with Crippen molar-refractivity contribution in [2.45, 2.75) is 36.1 Å². The van der Waals surface area contributed by atoms with Crippen LogP contribution in [0.3, 0.4) is 0 Å². The number of halogens is 2. The maximum atomic E-state index is 14.5. The fraction of sp³-hybridized carbons (Fsp3) is 0.304. The number of carbonyl (C=O) groups is 2. The fourth-order valence-electron chi connectivity index (χ4n) is 4.35. The van der Waals surface area contributed by atoms with E-state index < -0.39 is 75.8 Å². The molecule has 40 heavy (non-hydrogen) atoms. The molecule has 5 rings (SSSR count). The number of imidazole rings is 1. The zero-order valence-corrected chi connectivity index (χ0v) is 20.7. The fourth-order valence-corrected chi connectivity index (χ4v) is 5.00. The van der Waals surface area contributed by atoms with Gasteiger partial charge in [-0.25, -0.2) is 14.7 Å². The summed E-state index contributed by atoms with van der Waals surface area (Å²) in [6.45, 7) is -0.892. The summed E-state index contributed by atoms with van der Waals surface area (Å²) in [5.74, 6) is -4.66. The Morgan fingerprint density at radius 1 is 1.23 bits per heavy atom. The van der Waals surface area contributed by atoms with Gasteiger partial charge in [-0.1, -0.05) is 24.3 Å². The minimum absolute atomic E-state index is 0.218. The van der Waals surface area contributed by atoms with Crippen LogP contribution in [0.5, 0.6) is 0 Å². The van der Waals surface area contributed by atoms with E-state index >= 15 is 0 Å². The number of nitrogens with zero attached hydrogens (tertiary/aromatic N) is 3. The number of fused-ring (bicyclic) bond motifs is 2. The maximum Gasteiger partial charge on any atom is 0.363 e. The lowest BCUT2D eigenvalue weighted by atomic mass is 9.94. The van der Waals surface area contributed by atoms with Crippen LogP contribution in [0, 0.1) is 11.8 Å². The summed E-state index contributed by atoms with van der Waals surface area (Å²) in [6.07, 6.45) is -3.26. The Balaban J connectivity index is 1.25. The van der Waals surface area contributed by atoms with Crippen molar-refractivity contribution in [2.24, 2.45) is 0 Å². The van der Waals surface area contributed by atoms with Gasteiger partial charge in [-0.3, -0.25) is 18.3 Å². The number of aliphatic hydroxyl groups is 3. The highest BCUT2D eigenvalue weighted by Crippen LogP contribution is 2.47. The summed E-state index contributed by atoms with van der Waals surface area (Å²) in [5, 5.41) is 31.3. The number of rotatable bonds is 5. The minimum atomic E-state index is -4.95. The van der Waals surface area contributed by atoms with Crippen LogP contribution in [0.4, 0.5) is 14.5 Å². The molecule has 2 aromatic heterocycles. The molecule has 1 aromatic carbocycles. The first-order valence-electron chi connectivity index (χ1n) is 11.3. The van der Waals surface area contributed by atoms with Crippen molar-refractivity contribution in [3.63, 3.8) is 0 Å². The highest BCUT2D eigenvalue weighted by Gasteiger charge is 2.65. The molecule has 2 aliphatic rings. The molecule has 5 atom stereocenters. The molecule has 1 unspecified atom stereocenters. The summed E-state index contributed by atoms with van der Waals surface area (Å²) in [6, 6.07) is 6.12. The second kappa shape index (κ2) is 9.55. The van der Waals surface area contributed by atoms with Gasteiger partial charge in [-0.2, -0.15) is 17.2 Å². The molecule has 17 heteroatoms. The average Bonchev–Trinajstić information content (AvgIpc) is 3.50. The van der Waals surface area contributed by atoms with Crippen molar-refractivity contribution in [2.75, 3.05) is 12.3 Å². The number of benzene rings is 1. The largest absolute Gasteiger partial charge is 0.397 e. The third-order valence-electron chi connectivity index (χ3n) is 6.37. The van der Waals surface area contributed by atoms with Gasteiger partial charge in [0.2, 0.25) is 11.4 Å². The van der Waals surface area contributed by atoms with E-state index in [1.165, 1.54) is 45.9 Å². The van der Waals surface area contributed by atoms with Crippen LogP contribution in [-0.2, 0) is 29.6 Å². The standard InChI is InChI=1S/C23H19F2N5O9S/c24-23(25)19(34)11-3-1-2-4-12(11)22(23,35)7-5-15(31)29-40(36,37)38-9-14-17(32)18(33)21(39-14)30-10-28-16-13(26)6-8-27-20(16)30/h1-4,6,8,10,14,17-18,21,32-33,35H,9H2,(H2,26,27)(H,29,31)/t14-,17-,18-,21-,22?/m1/s1. The molecule has 0 bridgehead atoms. The van der Waals surface area contributed by atoms with Gasteiger partial charge in [-0.05, 0) is 17.9 Å². The van der Waals surface area contributed by atoms with E-state index in [2.05, 4.69) is 14.2 Å². The zero-order chi connectivity index (χ0) is 29.0. The van der Waals surface area contributed by atoms with Crippen molar-refractivity contribution in [3.8, 4) is 11.8 Å². The van der Waals surface area contributed by atoms with Crippen molar-refractivity contribution >= 4 is 38.8 Å². The summed E-state index contributed by atoms with van der Waals surface area (Å²) >= 11 is 0. The van der Waals surface area contributed by atoms with E-state index in [0.29, 0.717) is 11.2 Å². The van der Waals surface area contributed by atoms with Gasteiger partial charge < -0.3 is 25.8 Å². The van der Waals surface area contributed by atoms with Crippen LogP contribution in [-0.4, -0.2) is 80.8 Å². The smallest absolute Gasteiger partial charge is 0.363 e. The Hall–Kier alpha value is -4.05. The van der Waals surface area contributed by atoms with Gasteiger partial charge in [0.05, 0.1) is 18.6 Å². The number of nitrogen functional groups attached to an aromatic ring is 1. The van der Waals surface area contributed by atoms with E-state index in [1.807, 2.05) is 0 Å². The normalized spacial score (nSPS) is 27.3. The number of anilines is 1. The third kappa shape index (κ3) is 4.36. The van der Waals surface area contributed by atoms with Gasteiger partial charge in [0.1, 0.15) is 23.8 Å². The SMILES string of the molecule is Nc1ccnc2c1ncn2[C@@H]1O[C@H](COS(=O)(=O)NC(=O)C#CC2(O)c3ccccc3C(=O)C2(F)F)[C@@H](O)[C@H]1O. The highest BCUT2D eigenvalue weighted by molar-refractivity contribution is 7.85. The number of carbonyl (C=O) groups excluding carboxylic acids is 2. The molecule has 210 valence electrons. The summed E-state index contributed by atoms with van der Waals surface area (Å²) in [5.41, 5.74) is 2.21. The molecule has 1 saturated heterocycles. The number of aromatic nitrogens is 3. The topological polar surface area (TPSA) is 216 Å². The molecule has 14 nitrogen and oxygen atoms in total. The van der Waals surface area contributed by atoms with Crippen molar-refractivity contribution in [1.82, 2.24) is 19.3 Å². The molecule has 6 N–H and O–H groups in total. The molecule has 1 aliphatic heterocycles. The lowest BCUT2D eigenvalue weighted by Gasteiger charge is -2.23. The number of hydrogen-bond acceptors (Lipinski definition) is 12. The van der Waals surface area contributed by atoms with Crippen LogP contribution in [0.1, 0.15) is 22.1 Å². The van der Waals surface area contributed by atoms with Gasteiger partial charge in [0, 0.05) is 17.3 Å². The minimum Gasteiger partial charge on any atom is -0.397 e. The third-order valence-corrected chi connectivity index (χ3v) is 7.25. The number of amides is 1. The number of ether oxygens (including phenoxy) is 1. The van der Waals surface area contributed by atoms with Crippen LogP contribution in [0.2, 0.25) is 0 Å². The zero-order valence-electron chi connectivity index (χ0n) is 19.9. The first-order chi connectivity index (χ1) is 18.8. The first-order valence-corrected chi connectivity index (χ1v) is 12.7. The molecule has 3 heterocycles. The van der Waals surface area contributed by atoms with Crippen LogP contribution in [0.15, 0.2) is 42.9 Å². The van der Waals surface area contributed by atoms with Gasteiger partial charge in [0.15, 0.2) is 11.9 Å². The number of nitrogens with two attached hydrogens (primary N) is 1. The Morgan fingerprint density at radius 3 is 2.70 bits per heavy atom. The molecule has 3 aromatic rings. The Kier molecular flexibility index (Phi) is 6.57. The predicted molar refractivity (Wildman–Crippen MR) is 128 cm³/mol. The second-order valence-electron chi connectivity index (χ2n) is 8.85. The molecule has 0 spiro atoms. The Morgan fingerprint density at radius 2 is 1.95 bits per heavy atom. The van der Waals surface area contributed by atoms with Gasteiger partial charge in [0.25, 0.3) is 0 Å². The van der Waals surface area contributed by atoms with Crippen molar-refractivity contribution in [1.29, 1.82) is 0 Å². The monoisotopic (exact) mass is 579 g/mol. The highest BCUT2D eigenvalue weighted by atomic mass is 32.2. The molecule has 1 aliphatic carbocycles. The van der Waals surface area contributed by atoms with Crippen LogP contribution >= 0.6 is 0 Å². The van der Waals surface area contributed by atoms with Crippen molar-refractivity contribution in [3.05, 3.63) is 54.0 Å². The number of alkyl halides is 2. The molecular weight excluding hydrogens is 560 g/mol. The Labute approximate surface area is 223 Å². The van der Waals surface area contributed by atoms with E-state index in [4.69, 9.17) is 10.5 Å². The molecule has 0 saturated carbocycles. The van der Waals surface area contributed by atoms with E-state index in [9.17, 15) is 42.1 Å². The summed E-state index contributed by atoms with van der Waals surface area (Å²) in [7, 11) is -4.95. The van der Waals surface area contributed by atoms with Gasteiger partial charge >= 0.3 is 22.1 Å². The van der Waals surface area contributed by atoms with Crippen molar-refractivity contribution < 1.29 is 51.0 Å². The lowest BCUT2D eigenvalue weighted by molar-refractivity contribution is -0.116. The van der Waals surface area contributed by atoms with E-state index in [1.54, 1.807) is 5.92 Å². The number of nitrogens with one attached hydrogen (secondary N) is 1. The molecular formula is C23H19F2N5O9S. The first kappa shape index (κ1) is 27.5. The van der Waals surface area contributed by atoms with Crippen LogP contribution in [0.25, 0.3) is 11.2 Å². The maximum absolute atomic E-state index is 14.5. The molecule has 0 radical (unpaired) electrons. The van der Waals surface area contributed by atoms with Crippen LogP contribution < -0.4 is 10.5 Å². The number of Topliss-reactive ketones (excluding diaryl/α,β-unsaturated/α-hetero) is 1. The predicted octanol–water partition coefficient (Wildman–Crippen LogP) is -1.27. The average molecular weight is 579 g/mol. The quantitative estimate of drug-likeness (QED) is 0.224. The molecule has 1 fully saturated rings. The van der Waals surface area contributed by atoms with E-state index in [-0.39, 0.29) is 5.65 Å².